The summed E-state index contributed by atoms with van der Waals surface area (Å²) < 4.78 is 5.66. The van der Waals surface area contributed by atoms with Crippen LogP contribution in [0.4, 0.5) is 5.69 Å². The minimum atomic E-state index is -1.14. The van der Waals surface area contributed by atoms with Crippen LogP contribution in [-0.4, -0.2) is 41.2 Å². The summed E-state index contributed by atoms with van der Waals surface area (Å²) in [5.74, 6) is -2.49. The first-order chi connectivity index (χ1) is 12.9. The molecule has 0 bridgehead atoms. The lowest BCUT2D eigenvalue weighted by atomic mass is 10.1. The van der Waals surface area contributed by atoms with E-state index in [1.165, 1.54) is 19.1 Å². The van der Waals surface area contributed by atoms with Gasteiger partial charge in [0.05, 0.1) is 16.8 Å². The van der Waals surface area contributed by atoms with E-state index in [2.05, 4.69) is 21.2 Å². The van der Waals surface area contributed by atoms with E-state index in [1.807, 2.05) is 0 Å². The standard InChI is InChI=1S/C19H15BrN2O5/c1-11(22-17(24)12-6-2-3-7-13(12)18(22)25)19(26)27-10-16(23)21-15-9-5-4-8-14(15)20/h2-9,11H,10H2,1H3,(H,21,23). The molecule has 1 aliphatic heterocycles. The second kappa shape index (κ2) is 7.71. The number of carbonyl (C=O) groups is 4. The van der Waals surface area contributed by atoms with Crippen LogP contribution in [-0.2, 0) is 14.3 Å². The number of carbonyl (C=O) groups excluding carboxylic acids is 4. The SMILES string of the molecule is CC(C(=O)OCC(=O)Nc1ccccc1Br)N1C(=O)c2ccccc2C1=O. The first-order valence-corrected chi connectivity index (χ1v) is 8.87. The summed E-state index contributed by atoms with van der Waals surface area (Å²) in [5, 5.41) is 2.60. The van der Waals surface area contributed by atoms with Gasteiger partial charge in [-0.05, 0) is 47.1 Å². The van der Waals surface area contributed by atoms with Crippen LogP contribution >= 0.6 is 15.9 Å². The molecular weight excluding hydrogens is 416 g/mol. The molecule has 0 radical (unpaired) electrons. The van der Waals surface area contributed by atoms with Gasteiger partial charge in [-0.1, -0.05) is 24.3 Å². The molecule has 27 heavy (non-hydrogen) atoms. The maximum atomic E-state index is 12.4. The summed E-state index contributed by atoms with van der Waals surface area (Å²) in [4.78, 5) is 49.8. The Balaban J connectivity index is 1.60. The van der Waals surface area contributed by atoms with Gasteiger partial charge < -0.3 is 10.1 Å². The number of benzene rings is 2. The number of amides is 3. The van der Waals surface area contributed by atoms with E-state index in [4.69, 9.17) is 4.74 Å². The number of imide groups is 1. The van der Waals surface area contributed by atoms with Gasteiger partial charge in [0, 0.05) is 4.47 Å². The predicted octanol–water partition coefficient (Wildman–Crippen LogP) is 2.62. The lowest BCUT2D eigenvalue weighted by Gasteiger charge is -2.20. The summed E-state index contributed by atoms with van der Waals surface area (Å²) >= 11 is 3.30. The van der Waals surface area contributed by atoms with Crippen LogP contribution in [0.2, 0.25) is 0 Å². The fourth-order valence-corrected chi connectivity index (χ4v) is 3.06. The molecule has 1 heterocycles. The largest absolute Gasteiger partial charge is 0.454 e. The van der Waals surface area contributed by atoms with Gasteiger partial charge in [0.1, 0.15) is 6.04 Å². The molecule has 1 unspecified atom stereocenters. The van der Waals surface area contributed by atoms with Gasteiger partial charge in [0.15, 0.2) is 6.61 Å². The Labute approximate surface area is 163 Å². The van der Waals surface area contributed by atoms with E-state index >= 15 is 0 Å². The van der Waals surface area contributed by atoms with Crippen molar-refractivity contribution in [2.45, 2.75) is 13.0 Å². The molecule has 1 N–H and O–H groups in total. The van der Waals surface area contributed by atoms with Gasteiger partial charge in [-0.15, -0.1) is 0 Å². The fourth-order valence-electron chi connectivity index (χ4n) is 2.67. The van der Waals surface area contributed by atoms with Crippen molar-refractivity contribution in [3.05, 3.63) is 64.1 Å². The van der Waals surface area contributed by atoms with Gasteiger partial charge >= 0.3 is 5.97 Å². The Kier molecular flexibility index (Phi) is 5.36. The number of rotatable bonds is 5. The maximum Gasteiger partial charge on any atom is 0.329 e. The highest BCUT2D eigenvalue weighted by Gasteiger charge is 2.41. The lowest BCUT2D eigenvalue weighted by Crippen LogP contribution is -2.44. The monoisotopic (exact) mass is 430 g/mol. The topological polar surface area (TPSA) is 92.8 Å². The van der Waals surface area contributed by atoms with Crippen molar-refractivity contribution in [2.24, 2.45) is 0 Å². The highest BCUT2D eigenvalue weighted by atomic mass is 79.9. The normalized spacial score (nSPS) is 13.9. The zero-order chi connectivity index (χ0) is 19.6. The summed E-state index contributed by atoms with van der Waals surface area (Å²) in [7, 11) is 0. The number of hydrogen-bond donors (Lipinski definition) is 1. The molecule has 0 saturated heterocycles. The fraction of sp³-hybridized carbons (Fsp3) is 0.158. The number of halogens is 1. The van der Waals surface area contributed by atoms with Crippen LogP contribution in [0.5, 0.6) is 0 Å². The first kappa shape index (κ1) is 18.8. The molecular formula is C19H15BrN2O5. The number of nitrogens with one attached hydrogen (secondary N) is 1. The summed E-state index contributed by atoms with van der Waals surface area (Å²) in [6.45, 7) is 0.851. The Bertz CT molecular complexity index is 908. The van der Waals surface area contributed by atoms with Crippen molar-refractivity contribution >= 4 is 45.3 Å². The van der Waals surface area contributed by atoms with Crippen molar-refractivity contribution in [3.8, 4) is 0 Å². The lowest BCUT2D eigenvalue weighted by molar-refractivity contribution is -0.150. The molecule has 8 heteroatoms. The van der Waals surface area contributed by atoms with Crippen molar-refractivity contribution in [2.75, 3.05) is 11.9 Å². The molecule has 138 valence electrons. The van der Waals surface area contributed by atoms with Crippen LogP contribution in [0.3, 0.4) is 0 Å². The average molecular weight is 431 g/mol. The van der Waals surface area contributed by atoms with Crippen molar-refractivity contribution in [1.82, 2.24) is 4.90 Å². The second-order valence-corrected chi connectivity index (χ2v) is 6.69. The summed E-state index contributed by atoms with van der Waals surface area (Å²) in [6.07, 6.45) is 0. The molecule has 2 aromatic carbocycles. The van der Waals surface area contributed by atoms with Gasteiger partial charge in [-0.25, -0.2) is 4.79 Å². The Morgan fingerprint density at radius 1 is 1.04 bits per heavy atom. The second-order valence-electron chi connectivity index (χ2n) is 5.84. The quantitative estimate of drug-likeness (QED) is 0.581. The molecule has 3 rings (SSSR count). The number of nitrogens with zero attached hydrogens (tertiary/aromatic N) is 1. The molecule has 0 spiro atoms. The van der Waals surface area contributed by atoms with E-state index in [0.29, 0.717) is 10.2 Å². The minimum absolute atomic E-state index is 0.244. The van der Waals surface area contributed by atoms with Crippen molar-refractivity contribution in [1.29, 1.82) is 0 Å². The third-order valence-corrected chi connectivity index (χ3v) is 4.74. The summed E-state index contributed by atoms with van der Waals surface area (Å²) in [6, 6.07) is 12.2. The van der Waals surface area contributed by atoms with E-state index in [-0.39, 0.29) is 11.1 Å². The van der Waals surface area contributed by atoms with Crippen LogP contribution < -0.4 is 5.32 Å². The first-order valence-electron chi connectivity index (χ1n) is 8.08. The highest BCUT2D eigenvalue weighted by Crippen LogP contribution is 2.25. The molecule has 2 aromatic rings. The van der Waals surface area contributed by atoms with Crippen molar-refractivity contribution < 1.29 is 23.9 Å². The van der Waals surface area contributed by atoms with Crippen molar-refractivity contribution in [3.63, 3.8) is 0 Å². The van der Waals surface area contributed by atoms with E-state index < -0.39 is 36.3 Å². The number of fused-ring (bicyclic) bond motifs is 1. The third-order valence-electron chi connectivity index (χ3n) is 4.05. The van der Waals surface area contributed by atoms with E-state index in [0.717, 1.165) is 4.90 Å². The van der Waals surface area contributed by atoms with Crippen LogP contribution in [0.15, 0.2) is 53.0 Å². The Hall–Kier alpha value is -3.00. The van der Waals surface area contributed by atoms with Crippen LogP contribution in [0, 0.1) is 0 Å². The molecule has 7 nitrogen and oxygen atoms in total. The zero-order valence-corrected chi connectivity index (χ0v) is 15.9. The van der Waals surface area contributed by atoms with Gasteiger partial charge in [0.25, 0.3) is 17.7 Å². The minimum Gasteiger partial charge on any atom is -0.454 e. The van der Waals surface area contributed by atoms with Gasteiger partial charge in [-0.2, -0.15) is 0 Å². The number of para-hydroxylation sites is 1. The predicted molar refractivity (Wildman–Crippen MR) is 100 cm³/mol. The molecule has 1 atom stereocenters. The van der Waals surface area contributed by atoms with Crippen LogP contribution in [0.1, 0.15) is 27.6 Å². The third kappa shape index (κ3) is 3.75. The maximum absolute atomic E-state index is 12.4. The molecule has 3 amide bonds. The molecule has 1 aliphatic rings. The number of hydrogen-bond acceptors (Lipinski definition) is 5. The molecule has 0 aromatic heterocycles. The number of anilines is 1. The highest BCUT2D eigenvalue weighted by molar-refractivity contribution is 9.10. The zero-order valence-electron chi connectivity index (χ0n) is 14.3. The van der Waals surface area contributed by atoms with Gasteiger partial charge in [-0.3, -0.25) is 19.3 Å². The van der Waals surface area contributed by atoms with Crippen LogP contribution in [0.25, 0.3) is 0 Å². The smallest absolute Gasteiger partial charge is 0.329 e. The molecule has 0 saturated carbocycles. The number of esters is 1. The Morgan fingerprint density at radius 3 is 2.19 bits per heavy atom. The van der Waals surface area contributed by atoms with E-state index in [1.54, 1.807) is 36.4 Å². The van der Waals surface area contributed by atoms with Gasteiger partial charge in [0.2, 0.25) is 0 Å². The Morgan fingerprint density at radius 2 is 1.59 bits per heavy atom. The summed E-state index contributed by atoms with van der Waals surface area (Å²) in [5.41, 5.74) is 1.02. The molecule has 0 fully saturated rings. The molecule has 0 aliphatic carbocycles. The number of ether oxygens (including phenoxy) is 1. The van der Waals surface area contributed by atoms with E-state index in [9.17, 15) is 19.2 Å². The average Bonchev–Trinajstić information content (AvgIpc) is 2.92.